The van der Waals surface area contributed by atoms with Gasteiger partial charge in [0.1, 0.15) is 5.75 Å². The number of benzene rings is 2. The number of fused-ring (bicyclic) bond motifs is 2. The van der Waals surface area contributed by atoms with Gasteiger partial charge in [0.2, 0.25) is 5.91 Å². The standard InChI is InChI=1S/C26H33N3O4/c1-28(11-7-19-17-27-23-6-5-21(30)16-22(19)23)9-4-10-29-12-8-18-13-24(32-2)25(33-3)14-20(18)15-26(29)31/h5-6,13-14,16-17,27,30H,4,7-12,15H2,1-3H3. The van der Waals surface area contributed by atoms with Crippen LogP contribution in [-0.2, 0) is 24.1 Å². The number of ether oxygens (including phenoxy) is 2. The highest BCUT2D eigenvalue weighted by molar-refractivity contribution is 5.84. The molecule has 0 unspecified atom stereocenters. The van der Waals surface area contributed by atoms with Crippen molar-refractivity contribution in [2.45, 2.75) is 25.7 Å². The van der Waals surface area contributed by atoms with Gasteiger partial charge >= 0.3 is 0 Å². The average molecular weight is 452 g/mol. The van der Waals surface area contributed by atoms with E-state index in [1.54, 1.807) is 20.3 Å². The summed E-state index contributed by atoms with van der Waals surface area (Å²) in [5, 5.41) is 10.8. The number of nitrogens with zero attached hydrogens (tertiary/aromatic N) is 2. The Morgan fingerprint density at radius 3 is 2.61 bits per heavy atom. The van der Waals surface area contributed by atoms with E-state index in [1.807, 2.05) is 35.4 Å². The lowest BCUT2D eigenvalue weighted by Crippen LogP contribution is -2.35. The Morgan fingerprint density at radius 2 is 1.85 bits per heavy atom. The van der Waals surface area contributed by atoms with Crippen LogP contribution in [0.15, 0.2) is 36.5 Å². The van der Waals surface area contributed by atoms with E-state index >= 15 is 0 Å². The van der Waals surface area contributed by atoms with Crippen molar-refractivity contribution >= 4 is 16.8 Å². The molecule has 33 heavy (non-hydrogen) atoms. The van der Waals surface area contributed by atoms with Crippen molar-refractivity contribution in [3.8, 4) is 17.2 Å². The van der Waals surface area contributed by atoms with Crippen molar-refractivity contribution in [1.82, 2.24) is 14.8 Å². The highest BCUT2D eigenvalue weighted by Crippen LogP contribution is 2.32. The van der Waals surface area contributed by atoms with Crippen LogP contribution in [0.3, 0.4) is 0 Å². The normalized spacial score (nSPS) is 13.9. The van der Waals surface area contributed by atoms with E-state index < -0.39 is 0 Å². The van der Waals surface area contributed by atoms with Crippen LogP contribution in [0.25, 0.3) is 10.9 Å². The number of carbonyl (C=O) groups excluding carboxylic acids is 1. The van der Waals surface area contributed by atoms with Gasteiger partial charge in [-0.15, -0.1) is 0 Å². The average Bonchev–Trinajstić information content (AvgIpc) is 3.14. The Balaban J connectivity index is 1.27. The molecule has 2 aromatic carbocycles. The number of phenols is 1. The Labute approximate surface area is 194 Å². The molecule has 4 rings (SSSR count). The van der Waals surface area contributed by atoms with Crippen molar-refractivity contribution in [2.75, 3.05) is 47.4 Å². The molecule has 7 heteroatoms. The Hall–Kier alpha value is -3.19. The second kappa shape index (κ2) is 10.2. The first-order valence-electron chi connectivity index (χ1n) is 11.5. The largest absolute Gasteiger partial charge is 0.508 e. The molecule has 2 heterocycles. The van der Waals surface area contributed by atoms with Gasteiger partial charge in [0.25, 0.3) is 0 Å². The Morgan fingerprint density at radius 1 is 1.09 bits per heavy atom. The summed E-state index contributed by atoms with van der Waals surface area (Å²) in [6.07, 6.45) is 5.08. The number of phenolic OH excluding ortho intramolecular Hbond substituents is 1. The molecular weight excluding hydrogens is 418 g/mol. The first kappa shape index (κ1) is 23.0. The molecule has 0 aliphatic carbocycles. The minimum Gasteiger partial charge on any atom is -0.508 e. The van der Waals surface area contributed by atoms with Crippen LogP contribution in [0.2, 0.25) is 0 Å². The fraction of sp³-hybridized carbons (Fsp3) is 0.423. The van der Waals surface area contributed by atoms with Gasteiger partial charge in [-0.25, -0.2) is 0 Å². The van der Waals surface area contributed by atoms with Gasteiger partial charge in [-0.05, 0) is 79.9 Å². The van der Waals surface area contributed by atoms with E-state index in [0.717, 1.165) is 67.5 Å². The maximum atomic E-state index is 12.9. The van der Waals surface area contributed by atoms with Crippen molar-refractivity contribution < 1.29 is 19.4 Å². The van der Waals surface area contributed by atoms with E-state index in [4.69, 9.17) is 9.47 Å². The van der Waals surface area contributed by atoms with Crippen LogP contribution < -0.4 is 9.47 Å². The zero-order valence-corrected chi connectivity index (χ0v) is 19.7. The summed E-state index contributed by atoms with van der Waals surface area (Å²) in [5.41, 5.74) is 4.44. The van der Waals surface area contributed by atoms with E-state index in [1.165, 1.54) is 5.56 Å². The lowest BCUT2D eigenvalue weighted by molar-refractivity contribution is -0.130. The summed E-state index contributed by atoms with van der Waals surface area (Å²) < 4.78 is 10.8. The number of aromatic nitrogens is 1. The molecule has 3 aromatic rings. The molecule has 1 aromatic heterocycles. The van der Waals surface area contributed by atoms with Crippen molar-refractivity contribution in [3.63, 3.8) is 0 Å². The smallest absolute Gasteiger partial charge is 0.227 e. The van der Waals surface area contributed by atoms with Crippen LogP contribution in [0, 0.1) is 0 Å². The molecule has 2 N–H and O–H groups in total. The van der Waals surface area contributed by atoms with E-state index in [0.29, 0.717) is 17.9 Å². The molecular formula is C26H33N3O4. The number of carbonyl (C=O) groups is 1. The number of aromatic amines is 1. The summed E-state index contributed by atoms with van der Waals surface area (Å²) in [7, 11) is 5.37. The van der Waals surface area contributed by atoms with Crippen LogP contribution in [0.5, 0.6) is 17.2 Å². The van der Waals surface area contributed by atoms with Crippen LogP contribution in [0.4, 0.5) is 0 Å². The zero-order valence-electron chi connectivity index (χ0n) is 19.7. The quantitative estimate of drug-likeness (QED) is 0.522. The lowest BCUT2D eigenvalue weighted by Gasteiger charge is -2.22. The fourth-order valence-electron chi connectivity index (χ4n) is 4.58. The third kappa shape index (κ3) is 5.25. The number of aromatic hydroxyl groups is 1. The zero-order chi connectivity index (χ0) is 23.4. The number of likely N-dealkylation sites (N-methyl/N-ethyl adjacent to an activating group) is 1. The van der Waals surface area contributed by atoms with Gasteiger partial charge < -0.3 is 29.4 Å². The molecule has 0 fully saturated rings. The summed E-state index contributed by atoms with van der Waals surface area (Å²) in [6.45, 7) is 3.32. The molecule has 0 radical (unpaired) electrons. The van der Waals surface area contributed by atoms with Gasteiger partial charge in [-0.1, -0.05) is 0 Å². The van der Waals surface area contributed by atoms with E-state index in [9.17, 15) is 9.90 Å². The monoisotopic (exact) mass is 451 g/mol. The van der Waals surface area contributed by atoms with E-state index in [2.05, 4.69) is 16.9 Å². The second-order valence-corrected chi connectivity index (χ2v) is 8.73. The predicted octanol–water partition coefficient (Wildman–Crippen LogP) is 3.38. The van der Waals surface area contributed by atoms with Gasteiger partial charge in [0.15, 0.2) is 11.5 Å². The van der Waals surface area contributed by atoms with Gasteiger partial charge in [-0.2, -0.15) is 0 Å². The number of hydrogen-bond donors (Lipinski definition) is 2. The Kier molecular flexibility index (Phi) is 7.08. The third-order valence-corrected chi connectivity index (χ3v) is 6.53. The molecule has 1 aliphatic heterocycles. The van der Waals surface area contributed by atoms with Gasteiger partial charge in [0.05, 0.1) is 20.6 Å². The third-order valence-electron chi connectivity index (χ3n) is 6.53. The number of amides is 1. The van der Waals surface area contributed by atoms with Crippen LogP contribution in [-0.4, -0.2) is 73.2 Å². The highest BCUT2D eigenvalue weighted by atomic mass is 16.5. The first-order valence-corrected chi connectivity index (χ1v) is 11.5. The van der Waals surface area contributed by atoms with Crippen molar-refractivity contribution in [2.24, 2.45) is 0 Å². The SMILES string of the molecule is COc1cc2c(cc1OC)CC(=O)N(CCCN(C)CCc1c[nH]c3ccc(O)cc13)CC2. The first-order chi connectivity index (χ1) is 16.0. The molecule has 176 valence electrons. The number of methoxy groups -OCH3 is 2. The number of hydrogen-bond acceptors (Lipinski definition) is 5. The van der Waals surface area contributed by atoms with Gasteiger partial charge in [-0.3, -0.25) is 4.79 Å². The summed E-state index contributed by atoms with van der Waals surface area (Å²) in [5.74, 6) is 1.84. The molecule has 7 nitrogen and oxygen atoms in total. The number of nitrogens with one attached hydrogen (secondary N) is 1. The minimum atomic E-state index is 0.169. The molecule has 1 amide bonds. The molecule has 0 spiro atoms. The van der Waals surface area contributed by atoms with Crippen molar-refractivity contribution in [1.29, 1.82) is 0 Å². The fourth-order valence-corrected chi connectivity index (χ4v) is 4.58. The molecule has 0 saturated carbocycles. The van der Waals surface area contributed by atoms with Crippen molar-refractivity contribution in [3.05, 3.63) is 53.2 Å². The van der Waals surface area contributed by atoms with Gasteiger partial charge in [0, 0.05) is 36.7 Å². The molecule has 1 aliphatic rings. The summed E-state index contributed by atoms with van der Waals surface area (Å²) in [6, 6.07) is 9.36. The maximum Gasteiger partial charge on any atom is 0.227 e. The number of H-pyrrole nitrogens is 1. The molecule has 0 atom stereocenters. The topological polar surface area (TPSA) is 78.0 Å². The molecule has 0 saturated heterocycles. The summed E-state index contributed by atoms with van der Waals surface area (Å²) in [4.78, 5) is 20.4. The van der Waals surface area contributed by atoms with Crippen LogP contribution >= 0.6 is 0 Å². The van der Waals surface area contributed by atoms with E-state index in [-0.39, 0.29) is 11.7 Å². The summed E-state index contributed by atoms with van der Waals surface area (Å²) >= 11 is 0. The van der Waals surface area contributed by atoms with Crippen LogP contribution in [0.1, 0.15) is 23.1 Å². The minimum absolute atomic E-state index is 0.169. The number of rotatable bonds is 9. The Bertz CT molecular complexity index is 1120. The maximum absolute atomic E-state index is 12.9. The predicted molar refractivity (Wildman–Crippen MR) is 129 cm³/mol. The lowest BCUT2D eigenvalue weighted by atomic mass is 10.0. The molecule has 0 bridgehead atoms. The second-order valence-electron chi connectivity index (χ2n) is 8.73. The highest BCUT2D eigenvalue weighted by Gasteiger charge is 2.22.